The second-order valence-electron chi connectivity index (χ2n) is 6.08. The lowest BCUT2D eigenvalue weighted by molar-refractivity contribution is -0.137. The molecule has 0 radical (unpaired) electrons. The molecule has 0 aliphatic carbocycles. The number of carboxylic acid groups (broad SMARTS) is 1. The maximum Gasteiger partial charge on any atom is 0.305 e. The first-order valence-corrected chi connectivity index (χ1v) is 6.75. The van der Waals surface area contributed by atoms with E-state index in [0.717, 1.165) is 19.3 Å². The Kier molecular flexibility index (Phi) is 7.64. The van der Waals surface area contributed by atoms with Crippen molar-refractivity contribution in [1.82, 2.24) is 5.32 Å². The van der Waals surface area contributed by atoms with Crippen LogP contribution in [0.15, 0.2) is 0 Å². The minimum atomic E-state index is -0.863. The summed E-state index contributed by atoms with van der Waals surface area (Å²) in [5.74, 6) is -0.892. The van der Waals surface area contributed by atoms with E-state index < -0.39 is 5.97 Å². The highest BCUT2D eigenvalue weighted by Crippen LogP contribution is 2.22. The zero-order chi connectivity index (χ0) is 14.2. The third kappa shape index (κ3) is 10.1. The Hall–Kier alpha value is -1.06. The number of unbranched alkanes of at least 4 members (excludes halogenated alkanes) is 2. The fraction of sp³-hybridized carbons (Fsp3) is 0.857. The van der Waals surface area contributed by atoms with Crippen LogP contribution in [0.2, 0.25) is 0 Å². The molecular formula is C14H27NO3. The van der Waals surface area contributed by atoms with Crippen LogP contribution in [0.4, 0.5) is 0 Å². The Balaban J connectivity index is 4.22. The average Bonchev–Trinajstić information content (AvgIpc) is 2.13. The van der Waals surface area contributed by atoms with Gasteiger partial charge in [-0.05, 0) is 18.3 Å². The number of carboxylic acids is 1. The molecule has 0 heterocycles. The van der Waals surface area contributed by atoms with Gasteiger partial charge in [0.15, 0.2) is 0 Å². The van der Waals surface area contributed by atoms with Gasteiger partial charge < -0.3 is 10.4 Å². The third-order valence-corrected chi connectivity index (χ3v) is 2.65. The molecule has 2 N–H and O–H groups in total. The first kappa shape index (κ1) is 16.9. The lowest BCUT2D eigenvalue weighted by Crippen LogP contribution is -2.38. The molecule has 18 heavy (non-hydrogen) atoms. The van der Waals surface area contributed by atoms with Crippen LogP contribution in [-0.4, -0.2) is 23.0 Å². The van der Waals surface area contributed by atoms with Crippen molar-refractivity contribution in [3.63, 3.8) is 0 Å². The van der Waals surface area contributed by atoms with E-state index in [1.165, 1.54) is 0 Å². The fourth-order valence-electron chi connectivity index (χ4n) is 1.96. The molecule has 0 saturated carbocycles. The average molecular weight is 257 g/mol. The molecule has 4 heteroatoms. The first-order chi connectivity index (χ1) is 8.24. The zero-order valence-corrected chi connectivity index (χ0v) is 12.1. The van der Waals surface area contributed by atoms with Gasteiger partial charge in [-0.3, -0.25) is 9.59 Å². The van der Waals surface area contributed by atoms with E-state index in [0.29, 0.717) is 12.8 Å². The van der Waals surface area contributed by atoms with Crippen molar-refractivity contribution in [3.8, 4) is 0 Å². The highest BCUT2D eigenvalue weighted by atomic mass is 16.4. The summed E-state index contributed by atoms with van der Waals surface area (Å²) in [6.07, 6.45) is 4.16. The third-order valence-electron chi connectivity index (χ3n) is 2.65. The summed E-state index contributed by atoms with van der Waals surface area (Å²) >= 11 is 0. The van der Waals surface area contributed by atoms with Crippen LogP contribution in [0.3, 0.4) is 0 Å². The number of nitrogens with one attached hydrogen (secondary N) is 1. The number of hydrogen-bond acceptors (Lipinski definition) is 2. The SMILES string of the molecule is CCCCCC(=O)NC(CC(=O)O)CC(C)(C)C. The van der Waals surface area contributed by atoms with Crippen molar-refractivity contribution >= 4 is 11.9 Å². The smallest absolute Gasteiger partial charge is 0.305 e. The lowest BCUT2D eigenvalue weighted by Gasteiger charge is -2.25. The van der Waals surface area contributed by atoms with Gasteiger partial charge in [0.1, 0.15) is 0 Å². The second kappa shape index (κ2) is 8.11. The van der Waals surface area contributed by atoms with E-state index in [-0.39, 0.29) is 23.8 Å². The molecule has 0 fully saturated rings. The Morgan fingerprint density at radius 1 is 1.22 bits per heavy atom. The molecule has 0 aliphatic rings. The van der Waals surface area contributed by atoms with Gasteiger partial charge >= 0.3 is 5.97 Å². The molecule has 0 aliphatic heterocycles. The Bertz CT molecular complexity index is 269. The van der Waals surface area contributed by atoms with Gasteiger partial charge in [0.2, 0.25) is 5.91 Å². The molecule has 106 valence electrons. The van der Waals surface area contributed by atoms with Crippen LogP contribution in [0.25, 0.3) is 0 Å². The minimum Gasteiger partial charge on any atom is -0.481 e. The Morgan fingerprint density at radius 3 is 2.28 bits per heavy atom. The van der Waals surface area contributed by atoms with Crippen molar-refractivity contribution in [1.29, 1.82) is 0 Å². The molecule has 0 saturated heterocycles. The number of amides is 1. The van der Waals surface area contributed by atoms with Gasteiger partial charge in [0, 0.05) is 12.5 Å². The minimum absolute atomic E-state index is 0.00319. The number of carbonyl (C=O) groups is 2. The Morgan fingerprint density at radius 2 is 1.83 bits per heavy atom. The molecule has 1 unspecified atom stereocenters. The molecule has 1 amide bonds. The van der Waals surface area contributed by atoms with Crippen LogP contribution < -0.4 is 5.32 Å². The van der Waals surface area contributed by atoms with E-state index in [1.54, 1.807) is 0 Å². The van der Waals surface area contributed by atoms with Gasteiger partial charge in [0.05, 0.1) is 6.42 Å². The van der Waals surface area contributed by atoms with E-state index in [2.05, 4.69) is 12.2 Å². The van der Waals surface area contributed by atoms with Gasteiger partial charge in [-0.15, -0.1) is 0 Å². The van der Waals surface area contributed by atoms with Gasteiger partial charge in [-0.25, -0.2) is 0 Å². The van der Waals surface area contributed by atoms with Crippen LogP contribution in [0.5, 0.6) is 0 Å². The van der Waals surface area contributed by atoms with Crippen LogP contribution in [0, 0.1) is 5.41 Å². The molecule has 0 aromatic heterocycles. The lowest BCUT2D eigenvalue weighted by atomic mass is 9.87. The number of hydrogen-bond donors (Lipinski definition) is 2. The standard InChI is InChI=1S/C14H27NO3/c1-5-6-7-8-12(16)15-11(9-13(17)18)10-14(2,3)4/h11H,5-10H2,1-4H3,(H,15,16)(H,17,18). The van der Waals surface area contributed by atoms with Crippen LogP contribution in [-0.2, 0) is 9.59 Å². The number of rotatable bonds is 8. The predicted octanol–water partition coefficient (Wildman–Crippen LogP) is 2.96. The van der Waals surface area contributed by atoms with Gasteiger partial charge in [-0.2, -0.15) is 0 Å². The summed E-state index contributed by atoms with van der Waals surface area (Å²) in [7, 11) is 0. The van der Waals surface area contributed by atoms with E-state index in [1.807, 2.05) is 20.8 Å². The largest absolute Gasteiger partial charge is 0.481 e. The first-order valence-electron chi connectivity index (χ1n) is 6.75. The van der Waals surface area contributed by atoms with E-state index in [4.69, 9.17) is 5.11 Å². The quantitative estimate of drug-likeness (QED) is 0.657. The molecule has 4 nitrogen and oxygen atoms in total. The predicted molar refractivity (Wildman–Crippen MR) is 72.4 cm³/mol. The summed E-state index contributed by atoms with van der Waals surface area (Å²) in [4.78, 5) is 22.5. The Labute approximate surface area is 110 Å². The highest BCUT2D eigenvalue weighted by Gasteiger charge is 2.22. The summed E-state index contributed by atoms with van der Waals surface area (Å²) < 4.78 is 0. The second-order valence-corrected chi connectivity index (χ2v) is 6.08. The molecule has 0 aromatic rings. The summed E-state index contributed by atoms with van der Waals surface area (Å²) in [5, 5.41) is 11.7. The maximum atomic E-state index is 11.7. The normalized spacial score (nSPS) is 13.1. The van der Waals surface area contributed by atoms with Crippen molar-refractivity contribution < 1.29 is 14.7 Å². The van der Waals surface area contributed by atoms with Crippen LogP contribution in [0.1, 0.15) is 66.2 Å². The van der Waals surface area contributed by atoms with E-state index in [9.17, 15) is 9.59 Å². The fourth-order valence-corrected chi connectivity index (χ4v) is 1.96. The number of carbonyl (C=O) groups excluding carboxylic acids is 1. The molecule has 1 atom stereocenters. The monoisotopic (exact) mass is 257 g/mol. The molecule has 0 aromatic carbocycles. The van der Waals surface area contributed by atoms with Crippen molar-refractivity contribution in [2.75, 3.05) is 0 Å². The molecular weight excluding hydrogens is 230 g/mol. The number of aliphatic carboxylic acids is 1. The zero-order valence-electron chi connectivity index (χ0n) is 12.1. The van der Waals surface area contributed by atoms with Crippen molar-refractivity contribution in [2.24, 2.45) is 5.41 Å². The summed E-state index contributed by atoms with van der Waals surface area (Å²) in [6.45, 7) is 8.23. The topological polar surface area (TPSA) is 66.4 Å². The molecule has 0 rings (SSSR count). The maximum absolute atomic E-state index is 11.7. The van der Waals surface area contributed by atoms with Crippen LogP contribution >= 0.6 is 0 Å². The van der Waals surface area contributed by atoms with Gasteiger partial charge in [0.25, 0.3) is 0 Å². The summed E-state index contributed by atoms with van der Waals surface area (Å²) in [5.41, 5.74) is 0.0107. The van der Waals surface area contributed by atoms with Crippen molar-refractivity contribution in [3.05, 3.63) is 0 Å². The van der Waals surface area contributed by atoms with Crippen molar-refractivity contribution in [2.45, 2.75) is 72.3 Å². The summed E-state index contributed by atoms with van der Waals surface area (Å²) in [6, 6.07) is -0.267. The molecule has 0 bridgehead atoms. The highest BCUT2D eigenvalue weighted by molar-refractivity contribution is 5.77. The van der Waals surface area contributed by atoms with E-state index >= 15 is 0 Å². The molecule has 0 spiro atoms. The van der Waals surface area contributed by atoms with Gasteiger partial charge in [-0.1, -0.05) is 40.5 Å².